The minimum absolute atomic E-state index is 0.102. The van der Waals surface area contributed by atoms with Gasteiger partial charge in [0.25, 0.3) is 11.8 Å². The second-order valence-electron chi connectivity index (χ2n) is 5.90. The highest BCUT2D eigenvalue weighted by Crippen LogP contribution is 2.07. The third-order valence-electron chi connectivity index (χ3n) is 3.82. The molecule has 0 aliphatic heterocycles. The van der Waals surface area contributed by atoms with Gasteiger partial charge in [-0.2, -0.15) is 5.10 Å². The molecule has 138 valence electrons. The molecule has 3 aromatic carbocycles. The maximum Gasteiger partial charge on any atom is 0.287 e. The Kier molecular flexibility index (Phi) is 6.47. The zero-order valence-electron chi connectivity index (χ0n) is 15.1. The SMILES string of the molecule is O=C(NN=Cc1ccccc1)C(=Cc1ccccc1)NC(=O)c1ccccc1. The van der Waals surface area contributed by atoms with Crippen LogP contribution in [-0.4, -0.2) is 18.0 Å². The Hall–Kier alpha value is -3.99. The Morgan fingerprint density at radius 1 is 0.714 bits per heavy atom. The molecule has 0 unspecified atom stereocenters. The molecule has 2 amide bonds. The fourth-order valence-electron chi connectivity index (χ4n) is 2.42. The van der Waals surface area contributed by atoms with Gasteiger partial charge in [-0.15, -0.1) is 0 Å². The topological polar surface area (TPSA) is 70.6 Å². The van der Waals surface area contributed by atoms with Crippen LogP contribution >= 0.6 is 0 Å². The highest BCUT2D eigenvalue weighted by Gasteiger charge is 2.14. The second kappa shape index (κ2) is 9.64. The largest absolute Gasteiger partial charge is 0.317 e. The van der Waals surface area contributed by atoms with Crippen LogP contribution in [0, 0.1) is 0 Å². The van der Waals surface area contributed by atoms with Gasteiger partial charge in [0, 0.05) is 5.56 Å². The monoisotopic (exact) mass is 369 g/mol. The average molecular weight is 369 g/mol. The standard InChI is InChI=1S/C23H19N3O2/c27-22(20-14-8-3-9-15-20)25-21(16-18-10-4-1-5-11-18)23(28)26-24-17-19-12-6-2-7-13-19/h1-17H,(H,25,27)(H,26,28). The predicted molar refractivity (Wildman–Crippen MR) is 111 cm³/mol. The van der Waals surface area contributed by atoms with Crippen molar-refractivity contribution in [1.82, 2.24) is 10.7 Å². The quantitative estimate of drug-likeness (QED) is 0.396. The van der Waals surface area contributed by atoms with Gasteiger partial charge >= 0.3 is 0 Å². The molecule has 0 aliphatic rings. The molecule has 0 radical (unpaired) electrons. The summed E-state index contributed by atoms with van der Waals surface area (Å²) >= 11 is 0. The first-order valence-corrected chi connectivity index (χ1v) is 8.74. The first-order chi connectivity index (χ1) is 13.7. The van der Waals surface area contributed by atoms with Crippen LogP contribution in [0.15, 0.2) is 102 Å². The molecule has 3 rings (SSSR count). The number of carbonyl (C=O) groups is 2. The average Bonchev–Trinajstić information content (AvgIpc) is 2.75. The Balaban J connectivity index is 1.77. The van der Waals surface area contributed by atoms with Crippen molar-refractivity contribution in [3.8, 4) is 0 Å². The summed E-state index contributed by atoms with van der Waals surface area (Å²) in [7, 11) is 0. The molecular formula is C23H19N3O2. The zero-order chi connectivity index (χ0) is 19.6. The molecule has 0 saturated carbocycles. The molecule has 3 aromatic rings. The van der Waals surface area contributed by atoms with Crippen LogP contribution in [0.1, 0.15) is 21.5 Å². The Bertz CT molecular complexity index is 982. The number of nitrogens with one attached hydrogen (secondary N) is 2. The second-order valence-corrected chi connectivity index (χ2v) is 5.90. The molecule has 2 N–H and O–H groups in total. The van der Waals surface area contributed by atoms with Crippen molar-refractivity contribution in [2.45, 2.75) is 0 Å². The summed E-state index contributed by atoms with van der Waals surface area (Å²) in [5.41, 5.74) is 4.65. The maximum atomic E-state index is 12.6. The summed E-state index contributed by atoms with van der Waals surface area (Å²) in [5.74, 6) is -0.884. The van der Waals surface area contributed by atoms with E-state index in [4.69, 9.17) is 0 Å². The van der Waals surface area contributed by atoms with Crippen molar-refractivity contribution < 1.29 is 9.59 Å². The fraction of sp³-hybridized carbons (Fsp3) is 0. The number of carbonyl (C=O) groups excluding carboxylic acids is 2. The Morgan fingerprint density at radius 2 is 1.25 bits per heavy atom. The third-order valence-corrected chi connectivity index (χ3v) is 3.82. The molecule has 0 atom stereocenters. The van der Waals surface area contributed by atoms with Crippen LogP contribution in [0.5, 0.6) is 0 Å². The lowest BCUT2D eigenvalue weighted by Gasteiger charge is -2.09. The summed E-state index contributed by atoms with van der Waals surface area (Å²) in [4.78, 5) is 25.1. The molecule has 0 aliphatic carbocycles. The molecular weight excluding hydrogens is 350 g/mol. The smallest absolute Gasteiger partial charge is 0.287 e. The van der Waals surface area contributed by atoms with E-state index in [2.05, 4.69) is 15.8 Å². The van der Waals surface area contributed by atoms with Gasteiger partial charge in [0.15, 0.2) is 0 Å². The molecule has 0 spiro atoms. The number of hydrazone groups is 1. The van der Waals surface area contributed by atoms with Gasteiger partial charge < -0.3 is 5.32 Å². The van der Waals surface area contributed by atoms with Crippen LogP contribution in [0.2, 0.25) is 0 Å². The third kappa shape index (κ3) is 5.51. The van der Waals surface area contributed by atoms with E-state index in [0.29, 0.717) is 5.56 Å². The Morgan fingerprint density at radius 3 is 1.86 bits per heavy atom. The Labute approximate surface area is 163 Å². The van der Waals surface area contributed by atoms with E-state index in [1.807, 2.05) is 66.7 Å². The van der Waals surface area contributed by atoms with Gasteiger partial charge in [0.05, 0.1) is 6.21 Å². The van der Waals surface area contributed by atoms with E-state index in [1.165, 1.54) is 6.21 Å². The molecule has 28 heavy (non-hydrogen) atoms. The van der Waals surface area contributed by atoms with Gasteiger partial charge in [-0.1, -0.05) is 78.9 Å². The summed E-state index contributed by atoms with van der Waals surface area (Å²) in [6.45, 7) is 0. The van der Waals surface area contributed by atoms with Gasteiger partial charge in [-0.25, -0.2) is 5.43 Å². The molecule has 0 heterocycles. The van der Waals surface area contributed by atoms with Gasteiger partial charge in [-0.3, -0.25) is 9.59 Å². The normalized spacial score (nSPS) is 11.2. The van der Waals surface area contributed by atoms with Crippen LogP contribution in [0.3, 0.4) is 0 Å². The molecule has 0 bridgehead atoms. The van der Waals surface area contributed by atoms with E-state index < -0.39 is 5.91 Å². The van der Waals surface area contributed by atoms with Crippen molar-refractivity contribution in [3.63, 3.8) is 0 Å². The van der Waals surface area contributed by atoms with E-state index in [1.54, 1.807) is 30.3 Å². The van der Waals surface area contributed by atoms with Crippen molar-refractivity contribution in [1.29, 1.82) is 0 Å². The lowest BCUT2D eigenvalue weighted by atomic mass is 10.1. The van der Waals surface area contributed by atoms with Crippen molar-refractivity contribution in [2.24, 2.45) is 5.10 Å². The molecule has 0 fully saturated rings. The minimum atomic E-state index is -0.514. The molecule has 5 nitrogen and oxygen atoms in total. The van der Waals surface area contributed by atoms with Crippen LogP contribution < -0.4 is 10.7 Å². The van der Waals surface area contributed by atoms with Crippen molar-refractivity contribution in [2.75, 3.05) is 0 Å². The number of benzene rings is 3. The number of hydrogen-bond donors (Lipinski definition) is 2. The molecule has 5 heteroatoms. The van der Waals surface area contributed by atoms with E-state index >= 15 is 0 Å². The summed E-state index contributed by atoms with van der Waals surface area (Å²) < 4.78 is 0. The summed E-state index contributed by atoms with van der Waals surface area (Å²) in [6.07, 6.45) is 3.14. The fourth-order valence-corrected chi connectivity index (χ4v) is 2.42. The summed E-state index contributed by atoms with van der Waals surface area (Å²) in [5, 5.41) is 6.63. The van der Waals surface area contributed by atoms with Crippen LogP contribution in [0.4, 0.5) is 0 Å². The number of rotatable bonds is 6. The predicted octanol–water partition coefficient (Wildman–Crippen LogP) is 3.61. The first-order valence-electron chi connectivity index (χ1n) is 8.74. The number of hydrogen-bond acceptors (Lipinski definition) is 3. The number of nitrogens with zero attached hydrogens (tertiary/aromatic N) is 1. The van der Waals surface area contributed by atoms with E-state index in [9.17, 15) is 9.59 Å². The van der Waals surface area contributed by atoms with E-state index in [0.717, 1.165) is 11.1 Å². The van der Waals surface area contributed by atoms with Crippen LogP contribution in [0.25, 0.3) is 6.08 Å². The lowest BCUT2D eigenvalue weighted by Crippen LogP contribution is -2.32. The minimum Gasteiger partial charge on any atom is -0.317 e. The maximum absolute atomic E-state index is 12.6. The highest BCUT2D eigenvalue weighted by atomic mass is 16.2. The van der Waals surface area contributed by atoms with Gasteiger partial charge in [0.1, 0.15) is 5.70 Å². The van der Waals surface area contributed by atoms with Crippen molar-refractivity contribution in [3.05, 3.63) is 113 Å². The van der Waals surface area contributed by atoms with E-state index in [-0.39, 0.29) is 11.6 Å². The zero-order valence-corrected chi connectivity index (χ0v) is 15.1. The summed E-state index contributed by atoms with van der Waals surface area (Å²) in [6, 6.07) is 27.4. The molecule has 0 aromatic heterocycles. The first kappa shape index (κ1) is 18.8. The number of amides is 2. The highest BCUT2D eigenvalue weighted by molar-refractivity contribution is 6.05. The van der Waals surface area contributed by atoms with Crippen LogP contribution in [-0.2, 0) is 4.79 Å². The van der Waals surface area contributed by atoms with Gasteiger partial charge in [0.2, 0.25) is 0 Å². The molecule has 0 saturated heterocycles. The lowest BCUT2D eigenvalue weighted by molar-refractivity contribution is -0.117. The van der Waals surface area contributed by atoms with Crippen molar-refractivity contribution >= 4 is 24.1 Å². The van der Waals surface area contributed by atoms with Gasteiger partial charge in [-0.05, 0) is 29.3 Å².